The van der Waals surface area contributed by atoms with Crippen molar-refractivity contribution in [3.8, 4) is 0 Å². The van der Waals surface area contributed by atoms with Crippen molar-refractivity contribution in [2.45, 2.75) is 0 Å². The summed E-state index contributed by atoms with van der Waals surface area (Å²) in [6, 6.07) is 9.86. The molecular weight excluding hydrogens is 333 g/mol. The minimum atomic E-state index is -1.02. The summed E-state index contributed by atoms with van der Waals surface area (Å²) in [5.41, 5.74) is 0.680. The summed E-state index contributed by atoms with van der Waals surface area (Å²) in [7, 11) is 0. The highest BCUT2D eigenvalue weighted by molar-refractivity contribution is 6.02. The first-order chi connectivity index (χ1) is 12.0. The van der Waals surface area contributed by atoms with Gasteiger partial charge < -0.3 is 10.6 Å². The van der Waals surface area contributed by atoms with Crippen molar-refractivity contribution in [3.05, 3.63) is 77.9 Å². The lowest BCUT2D eigenvalue weighted by Crippen LogP contribution is -2.14. The standard InChI is InChI=1S/C17H11F3N4O/c18-10-1-3-11(4-2-10)22-16(25)15-7-8-21-17(24-15)23-12-5-6-13(19)14(20)9-12/h1-9H,(H,22,25)(H,21,23,24). The number of nitrogens with one attached hydrogen (secondary N) is 2. The summed E-state index contributed by atoms with van der Waals surface area (Å²) in [6.45, 7) is 0. The quantitative estimate of drug-likeness (QED) is 0.753. The Bertz CT molecular complexity index is 916. The number of benzene rings is 2. The molecule has 126 valence electrons. The molecule has 1 amide bonds. The van der Waals surface area contributed by atoms with Gasteiger partial charge in [0.1, 0.15) is 11.5 Å². The number of hydrogen-bond acceptors (Lipinski definition) is 4. The molecule has 3 aromatic rings. The summed E-state index contributed by atoms with van der Waals surface area (Å²) in [5, 5.41) is 5.24. The molecular formula is C17H11F3N4O. The van der Waals surface area contributed by atoms with Crippen LogP contribution in [0.3, 0.4) is 0 Å². The Morgan fingerprint density at radius 2 is 1.60 bits per heavy atom. The predicted octanol–water partition coefficient (Wildman–Crippen LogP) is 3.89. The third-order valence-electron chi connectivity index (χ3n) is 3.17. The fourth-order valence-electron chi connectivity index (χ4n) is 1.98. The van der Waals surface area contributed by atoms with Crippen molar-refractivity contribution >= 4 is 23.2 Å². The lowest BCUT2D eigenvalue weighted by Gasteiger charge is -2.08. The largest absolute Gasteiger partial charge is 0.324 e. The molecule has 3 rings (SSSR count). The van der Waals surface area contributed by atoms with Gasteiger partial charge in [0.15, 0.2) is 11.6 Å². The summed E-state index contributed by atoms with van der Waals surface area (Å²) < 4.78 is 39.0. The first-order valence-corrected chi connectivity index (χ1v) is 7.13. The van der Waals surface area contributed by atoms with Gasteiger partial charge >= 0.3 is 0 Å². The van der Waals surface area contributed by atoms with Crippen molar-refractivity contribution in [1.29, 1.82) is 0 Å². The summed E-state index contributed by atoms with van der Waals surface area (Å²) >= 11 is 0. The van der Waals surface area contributed by atoms with Gasteiger partial charge in [-0.1, -0.05) is 0 Å². The van der Waals surface area contributed by atoms with Crippen LogP contribution in [0, 0.1) is 17.5 Å². The van der Waals surface area contributed by atoms with E-state index in [2.05, 4.69) is 20.6 Å². The maximum atomic E-state index is 13.2. The zero-order valence-corrected chi connectivity index (χ0v) is 12.6. The second-order valence-electron chi connectivity index (χ2n) is 4.98. The third-order valence-corrected chi connectivity index (χ3v) is 3.17. The van der Waals surface area contributed by atoms with Gasteiger partial charge in [-0.05, 0) is 42.5 Å². The zero-order chi connectivity index (χ0) is 17.8. The first kappa shape index (κ1) is 16.4. The average Bonchev–Trinajstić information content (AvgIpc) is 2.60. The molecule has 0 unspecified atom stereocenters. The highest BCUT2D eigenvalue weighted by Crippen LogP contribution is 2.17. The van der Waals surface area contributed by atoms with E-state index in [1.807, 2.05) is 0 Å². The van der Waals surface area contributed by atoms with Crippen molar-refractivity contribution in [3.63, 3.8) is 0 Å². The molecule has 5 nitrogen and oxygen atoms in total. The first-order valence-electron chi connectivity index (χ1n) is 7.13. The van der Waals surface area contributed by atoms with Gasteiger partial charge in [0.2, 0.25) is 5.95 Å². The fraction of sp³-hybridized carbons (Fsp3) is 0. The van der Waals surface area contributed by atoms with Crippen LogP contribution >= 0.6 is 0 Å². The molecule has 2 N–H and O–H groups in total. The van der Waals surface area contributed by atoms with Gasteiger partial charge in [-0.3, -0.25) is 4.79 Å². The van der Waals surface area contributed by atoms with Crippen molar-refractivity contribution in [1.82, 2.24) is 9.97 Å². The Hall–Kier alpha value is -3.42. The lowest BCUT2D eigenvalue weighted by atomic mass is 10.3. The highest BCUT2D eigenvalue weighted by atomic mass is 19.2. The third kappa shape index (κ3) is 4.11. The topological polar surface area (TPSA) is 66.9 Å². The SMILES string of the molecule is O=C(Nc1ccc(F)cc1)c1ccnc(Nc2ccc(F)c(F)c2)n1. The molecule has 0 radical (unpaired) electrons. The second-order valence-corrected chi connectivity index (χ2v) is 4.98. The maximum Gasteiger partial charge on any atom is 0.274 e. The van der Waals surface area contributed by atoms with E-state index in [1.165, 1.54) is 42.6 Å². The van der Waals surface area contributed by atoms with E-state index in [4.69, 9.17) is 0 Å². The summed E-state index contributed by atoms with van der Waals surface area (Å²) in [5.74, 6) is -2.90. The number of rotatable bonds is 4. The van der Waals surface area contributed by atoms with E-state index in [-0.39, 0.29) is 17.3 Å². The Morgan fingerprint density at radius 1 is 0.880 bits per heavy atom. The van der Waals surface area contributed by atoms with E-state index in [1.54, 1.807) is 0 Å². The van der Waals surface area contributed by atoms with Crippen molar-refractivity contribution in [2.75, 3.05) is 10.6 Å². The number of carbonyl (C=O) groups is 1. The molecule has 8 heteroatoms. The van der Waals surface area contributed by atoms with Crippen LogP contribution in [0.1, 0.15) is 10.5 Å². The van der Waals surface area contributed by atoms with E-state index < -0.39 is 23.4 Å². The van der Waals surface area contributed by atoms with Gasteiger partial charge in [-0.25, -0.2) is 23.1 Å². The van der Waals surface area contributed by atoms with Crippen LogP contribution in [0.25, 0.3) is 0 Å². The molecule has 0 aliphatic heterocycles. The Morgan fingerprint density at radius 3 is 2.32 bits per heavy atom. The van der Waals surface area contributed by atoms with Crippen LogP contribution in [-0.4, -0.2) is 15.9 Å². The van der Waals surface area contributed by atoms with Gasteiger partial charge in [-0.15, -0.1) is 0 Å². The number of amides is 1. The molecule has 1 aromatic heterocycles. The smallest absolute Gasteiger partial charge is 0.274 e. The fourth-order valence-corrected chi connectivity index (χ4v) is 1.98. The number of halogens is 3. The maximum absolute atomic E-state index is 13.2. The number of anilines is 3. The molecule has 0 aliphatic carbocycles. The molecule has 0 fully saturated rings. The Labute approximate surface area is 140 Å². The minimum Gasteiger partial charge on any atom is -0.324 e. The highest BCUT2D eigenvalue weighted by Gasteiger charge is 2.10. The summed E-state index contributed by atoms with van der Waals surface area (Å²) in [6.07, 6.45) is 1.34. The molecule has 25 heavy (non-hydrogen) atoms. The van der Waals surface area contributed by atoms with Crippen LogP contribution in [-0.2, 0) is 0 Å². The average molecular weight is 344 g/mol. The van der Waals surface area contributed by atoms with E-state index in [0.29, 0.717) is 5.69 Å². The number of hydrogen-bond donors (Lipinski definition) is 2. The number of carbonyl (C=O) groups excluding carboxylic acids is 1. The number of aromatic nitrogens is 2. The number of nitrogens with zero attached hydrogens (tertiary/aromatic N) is 2. The van der Waals surface area contributed by atoms with E-state index in [9.17, 15) is 18.0 Å². The zero-order valence-electron chi connectivity index (χ0n) is 12.6. The van der Waals surface area contributed by atoms with Crippen LogP contribution in [0.2, 0.25) is 0 Å². The molecule has 0 saturated heterocycles. The summed E-state index contributed by atoms with van der Waals surface area (Å²) in [4.78, 5) is 20.1. The minimum absolute atomic E-state index is 0.0396. The molecule has 0 atom stereocenters. The van der Waals surface area contributed by atoms with Gasteiger partial charge in [0, 0.05) is 23.6 Å². The normalized spacial score (nSPS) is 10.4. The monoisotopic (exact) mass is 344 g/mol. The molecule has 0 spiro atoms. The van der Waals surface area contributed by atoms with Gasteiger partial charge in [0.25, 0.3) is 5.91 Å². The van der Waals surface area contributed by atoms with Crippen LogP contribution in [0.4, 0.5) is 30.5 Å². The lowest BCUT2D eigenvalue weighted by molar-refractivity contribution is 0.102. The van der Waals surface area contributed by atoms with Crippen LogP contribution in [0.5, 0.6) is 0 Å². The Kier molecular flexibility index (Phi) is 4.60. The Balaban J connectivity index is 1.75. The second kappa shape index (κ2) is 7.00. The van der Waals surface area contributed by atoms with Gasteiger partial charge in [-0.2, -0.15) is 0 Å². The molecule has 0 bridgehead atoms. The molecule has 2 aromatic carbocycles. The van der Waals surface area contributed by atoms with Crippen molar-refractivity contribution < 1.29 is 18.0 Å². The van der Waals surface area contributed by atoms with E-state index in [0.717, 1.165) is 12.1 Å². The molecule has 1 heterocycles. The van der Waals surface area contributed by atoms with Crippen molar-refractivity contribution in [2.24, 2.45) is 0 Å². The molecule has 0 saturated carbocycles. The van der Waals surface area contributed by atoms with Gasteiger partial charge in [0.05, 0.1) is 0 Å². The predicted molar refractivity (Wildman–Crippen MR) is 86.0 cm³/mol. The molecule has 0 aliphatic rings. The van der Waals surface area contributed by atoms with E-state index >= 15 is 0 Å². The van der Waals surface area contributed by atoms with Crippen LogP contribution < -0.4 is 10.6 Å². The van der Waals surface area contributed by atoms with Crippen LogP contribution in [0.15, 0.2) is 54.7 Å².